The SMILES string of the molecule is CC(c1ccc(C(F)(F)F)cc1)N(C)C(=O)c1nccnc1N. The first kappa shape index (κ1) is 16.7. The molecule has 0 aliphatic heterocycles. The van der Waals surface area contributed by atoms with Crippen LogP contribution in [0, 0.1) is 0 Å². The number of alkyl halides is 3. The summed E-state index contributed by atoms with van der Waals surface area (Å²) in [6, 6.07) is 4.21. The van der Waals surface area contributed by atoms with E-state index in [9.17, 15) is 18.0 Å². The summed E-state index contributed by atoms with van der Waals surface area (Å²) in [5.41, 5.74) is 5.46. The van der Waals surface area contributed by atoms with E-state index in [0.717, 1.165) is 12.1 Å². The van der Waals surface area contributed by atoms with Crippen molar-refractivity contribution in [3.63, 3.8) is 0 Å². The van der Waals surface area contributed by atoms with Gasteiger partial charge >= 0.3 is 6.18 Å². The van der Waals surface area contributed by atoms with Gasteiger partial charge in [0.15, 0.2) is 11.5 Å². The molecule has 2 aromatic rings. The van der Waals surface area contributed by atoms with Gasteiger partial charge in [0.25, 0.3) is 5.91 Å². The zero-order valence-corrected chi connectivity index (χ0v) is 12.5. The second-order valence-corrected chi connectivity index (χ2v) is 5.00. The number of nitrogens with two attached hydrogens (primary N) is 1. The van der Waals surface area contributed by atoms with Crippen LogP contribution in [0.25, 0.3) is 0 Å². The van der Waals surface area contributed by atoms with E-state index in [1.807, 2.05) is 0 Å². The maximum atomic E-state index is 12.6. The molecule has 5 nitrogen and oxygen atoms in total. The summed E-state index contributed by atoms with van der Waals surface area (Å²) in [6.45, 7) is 1.70. The Labute approximate surface area is 131 Å². The highest BCUT2D eigenvalue weighted by Crippen LogP contribution is 2.30. The predicted octanol–water partition coefficient (Wildman–Crippen LogP) is 2.91. The molecule has 0 radical (unpaired) electrons. The molecule has 23 heavy (non-hydrogen) atoms. The lowest BCUT2D eigenvalue weighted by molar-refractivity contribution is -0.137. The number of amides is 1. The number of benzene rings is 1. The summed E-state index contributed by atoms with van der Waals surface area (Å²) >= 11 is 0. The van der Waals surface area contributed by atoms with Crippen LogP contribution in [0.15, 0.2) is 36.7 Å². The molecule has 1 amide bonds. The van der Waals surface area contributed by atoms with Gasteiger partial charge in [0.05, 0.1) is 11.6 Å². The van der Waals surface area contributed by atoms with E-state index >= 15 is 0 Å². The molecule has 1 atom stereocenters. The molecule has 1 aromatic carbocycles. The minimum atomic E-state index is -4.39. The number of nitrogens with zero attached hydrogens (tertiary/aromatic N) is 3. The van der Waals surface area contributed by atoms with Crippen LogP contribution < -0.4 is 5.73 Å². The van der Waals surface area contributed by atoms with Gasteiger partial charge in [0.2, 0.25) is 0 Å². The third-order valence-electron chi connectivity index (χ3n) is 3.55. The van der Waals surface area contributed by atoms with Crippen LogP contribution in [0.2, 0.25) is 0 Å². The molecule has 2 rings (SSSR count). The standard InChI is InChI=1S/C15H15F3N4O/c1-9(10-3-5-11(6-4-10)15(16,17)18)22(2)14(23)12-13(19)21-8-7-20-12/h3-9H,1-2H3,(H2,19,21). The second-order valence-electron chi connectivity index (χ2n) is 5.00. The Morgan fingerprint density at radius 2 is 1.74 bits per heavy atom. The topological polar surface area (TPSA) is 72.1 Å². The van der Waals surface area contributed by atoms with Gasteiger partial charge in [-0.1, -0.05) is 12.1 Å². The van der Waals surface area contributed by atoms with Crippen molar-refractivity contribution in [3.8, 4) is 0 Å². The highest BCUT2D eigenvalue weighted by molar-refractivity contribution is 5.96. The van der Waals surface area contributed by atoms with Crippen molar-refractivity contribution in [2.45, 2.75) is 19.1 Å². The van der Waals surface area contributed by atoms with E-state index in [0.29, 0.717) is 5.56 Å². The Morgan fingerprint density at radius 1 is 1.17 bits per heavy atom. The number of hydrogen-bond donors (Lipinski definition) is 1. The summed E-state index contributed by atoms with van der Waals surface area (Å²) in [5.74, 6) is -0.452. The number of halogens is 3. The van der Waals surface area contributed by atoms with E-state index in [2.05, 4.69) is 9.97 Å². The van der Waals surface area contributed by atoms with E-state index < -0.39 is 23.7 Å². The van der Waals surface area contributed by atoms with Crippen LogP contribution in [0.5, 0.6) is 0 Å². The van der Waals surface area contributed by atoms with Gasteiger partial charge in [0, 0.05) is 19.4 Å². The van der Waals surface area contributed by atoms with Crippen LogP contribution in [-0.4, -0.2) is 27.8 Å². The number of carbonyl (C=O) groups excluding carboxylic acids is 1. The van der Waals surface area contributed by atoms with Crippen LogP contribution in [0.1, 0.15) is 34.6 Å². The van der Waals surface area contributed by atoms with E-state index in [1.165, 1.54) is 36.5 Å². The van der Waals surface area contributed by atoms with Gasteiger partial charge in [-0.2, -0.15) is 13.2 Å². The van der Waals surface area contributed by atoms with Crippen molar-refractivity contribution in [1.82, 2.24) is 14.9 Å². The minimum absolute atomic E-state index is 0.00368. The Hall–Kier alpha value is -2.64. The minimum Gasteiger partial charge on any atom is -0.382 e. The monoisotopic (exact) mass is 324 g/mol. The average Bonchev–Trinajstić information content (AvgIpc) is 2.52. The van der Waals surface area contributed by atoms with Crippen LogP contribution in [0.3, 0.4) is 0 Å². The third kappa shape index (κ3) is 3.58. The predicted molar refractivity (Wildman–Crippen MR) is 78.4 cm³/mol. The quantitative estimate of drug-likeness (QED) is 0.942. The maximum Gasteiger partial charge on any atom is 0.416 e. The largest absolute Gasteiger partial charge is 0.416 e. The van der Waals surface area contributed by atoms with Gasteiger partial charge in [-0.15, -0.1) is 0 Å². The number of carbonyl (C=O) groups is 1. The number of nitrogen functional groups attached to an aromatic ring is 1. The van der Waals surface area contributed by atoms with Crippen molar-refractivity contribution in [2.24, 2.45) is 0 Å². The molecule has 122 valence electrons. The first-order valence-electron chi connectivity index (χ1n) is 6.72. The molecule has 8 heteroatoms. The highest BCUT2D eigenvalue weighted by atomic mass is 19.4. The lowest BCUT2D eigenvalue weighted by Gasteiger charge is -2.25. The van der Waals surface area contributed by atoms with Crippen molar-refractivity contribution in [1.29, 1.82) is 0 Å². The number of aromatic nitrogens is 2. The maximum absolute atomic E-state index is 12.6. The zero-order valence-electron chi connectivity index (χ0n) is 12.5. The Kier molecular flexibility index (Phi) is 4.53. The Morgan fingerprint density at radius 3 is 2.26 bits per heavy atom. The fraction of sp³-hybridized carbons (Fsp3) is 0.267. The summed E-state index contributed by atoms with van der Waals surface area (Å²) < 4.78 is 37.7. The fourth-order valence-corrected chi connectivity index (χ4v) is 2.03. The highest BCUT2D eigenvalue weighted by Gasteiger charge is 2.30. The second kappa shape index (κ2) is 6.23. The molecule has 0 spiro atoms. The van der Waals surface area contributed by atoms with E-state index in [4.69, 9.17) is 5.73 Å². The first-order valence-corrected chi connectivity index (χ1v) is 6.72. The molecule has 0 saturated carbocycles. The number of rotatable bonds is 3. The summed E-state index contributed by atoms with van der Waals surface area (Å²) in [5, 5.41) is 0. The van der Waals surface area contributed by atoms with Gasteiger partial charge in [-0.3, -0.25) is 4.79 Å². The normalized spacial score (nSPS) is 12.7. The first-order chi connectivity index (χ1) is 10.7. The molecule has 0 bridgehead atoms. The van der Waals surface area contributed by atoms with Gasteiger partial charge in [-0.25, -0.2) is 9.97 Å². The van der Waals surface area contributed by atoms with Gasteiger partial charge < -0.3 is 10.6 Å². The zero-order chi connectivity index (χ0) is 17.2. The summed E-state index contributed by atoms with van der Waals surface area (Å²) in [7, 11) is 1.53. The molecule has 1 unspecified atom stereocenters. The van der Waals surface area contributed by atoms with Crippen LogP contribution in [-0.2, 0) is 6.18 Å². The van der Waals surface area contributed by atoms with Crippen LogP contribution >= 0.6 is 0 Å². The number of anilines is 1. The molecule has 1 aromatic heterocycles. The molecule has 2 N–H and O–H groups in total. The van der Waals surface area contributed by atoms with E-state index in [1.54, 1.807) is 6.92 Å². The third-order valence-corrected chi connectivity index (χ3v) is 3.55. The Bertz CT molecular complexity index is 701. The molecule has 0 aliphatic rings. The Balaban J connectivity index is 2.21. The lowest BCUT2D eigenvalue weighted by atomic mass is 10.0. The van der Waals surface area contributed by atoms with Crippen LogP contribution in [0.4, 0.5) is 19.0 Å². The summed E-state index contributed by atoms with van der Waals surface area (Å²) in [6.07, 6.45) is -1.68. The molecule has 0 saturated heterocycles. The van der Waals surface area contributed by atoms with E-state index in [-0.39, 0.29) is 11.5 Å². The van der Waals surface area contributed by atoms with Crippen molar-refractivity contribution < 1.29 is 18.0 Å². The van der Waals surface area contributed by atoms with Gasteiger partial charge in [0.1, 0.15) is 0 Å². The molecular formula is C15H15F3N4O. The summed E-state index contributed by atoms with van der Waals surface area (Å²) in [4.78, 5) is 21.4. The molecule has 1 heterocycles. The average molecular weight is 324 g/mol. The van der Waals surface area contributed by atoms with Crippen molar-refractivity contribution >= 4 is 11.7 Å². The van der Waals surface area contributed by atoms with Crippen molar-refractivity contribution in [3.05, 3.63) is 53.5 Å². The fourth-order valence-electron chi connectivity index (χ4n) is 2.03. The molecule has 0 aliphatic carbocycles. The van der Waals surface area contributed by atoms with Gasteiger partial charge in [-0.05, 0) is 24.6 Å². The smallest absolute Gasteiger partial charge is 0.382 e. The van der Waals surface area contributed by atoms with Crippen molar-refractivity contribution in [2.75, 3.05) is 12.8 Å². The molecule has 0 fully saturated rings. The molecular weight excluding hydrogens is 309 g/mol. The lowest BCUT2D eigenvalue weighted by Crippen LogP contribution is -2.31. The number of hydrogen-bond acceptors (Lipinski definition) is 4.